The zero-order valence-corrected chi connectivity index (χ0v) is 14.8. The molecule has 1 aromatic carbocycles. The predicted octanol–water partition coefficient (Wildman–Crippen LogP) is 1.86. The van der Waals surface area contributed by atoms with E-state index in [-0.39, 0.29) is 11.6 Å². The number of benzene rings is 1. The Morgan fingerprint density at radius 1 is 1.21 bits per heavy atom. The van der Waals surface area contributed by atoms with E-state index in [2.05, 4.69) is 53.3 Å². The summed E-state index contributed by atoms with van der Waals surface area (Å²) in [6, 6.07) is 8.09. The van der Waals surface area contributed by atoms with Gasteiger partial charge in [-0.25, -0.2) is 4.68 Å². The smallest absolute Gasteiger partial charge is 0.173 e. The Kier molecular flexibility index (Phi) is 4.82. The van der Waals surface area contributed by atoms with Crippen LogP contribution in [0.1, 0.15) is 38.2 Å². The van der Waals surface area contributed by atoms with Crippen LogP contribution in [-0.4, -0.2) is 58.5 Å². The van der Waals surface area contributed by atoms with Crippen LogP contribution in [-0.2, 0) is 10.3 Å². The Morgan fingerprint density at radius 3 is 2.62 bits per heavy atom. The van der Waals surface area contributed by atoms with Crippen molar-refractivity contribution in [3.63, 3.8) is 0 Å². The summed E-state index contributed by atoms with van der Waals surface area (Å²) in [7, 11) is 1.68. The predicted molar refractivity (Wildman–Crippen MR) is 90.0 cm³/mol. The summed E-state index contributed by atoms with van der Waals surface area (Å²) in [4.78, 5) is 2.37. The molecule has 0 spiro atoms. The van der Waals surface area contributed by atoms with Gasteiger partial charge in [-0.05, 0) is 48.9 Å². The zero-order chi connectivity index (χ0) is 17.2. The molecule has 7 nitrogen and oxygen atoms in total. The van der Waals surface area contributed by atoms with Gasteiger partial charge in [0.25, 0.3) is 0 Å². The molecule has 0 amide bonds. The fraction of sp³-hybridized carbons (Fsp3) is 0.588. The highest BCUT2D eigenvalue weighted by Crippen LogP contribution is 2.31. The van der Waals surface area contributed by atoms with Crippen molar-refractivity contribution in [3.8, 4) is 5.75 Å². The van der Waals surface area contributed by atoms with Gasteiger partial charge in [0.1, 0.15) is 5.75 Å². The minimum atomic E-state index is -0.192. The summed E-state index contributed by atoms with van der Waals surface area (Å²) in [5, 5.41) is 12.6. The number of hydrogen-bond donors (Lipinski definition) is 0. The molecule has 3 rings (SSSR count). The standard InChI is InChI=1S/C17H25N5O2/c1-17(2,3)22-16(18-19-20-22)15(21-8-10-24-11-9-21)13-6-5-7-14(12-13)23-4/h5-7,12,15H,8-11H2,1-4H3. The Bertz CT molecular complexity index is 674. The molecule has 0 aliphatic carbocycles. The van der Waals surface area contributed by atoms with Gasteiger partial charge in [-0.15, -0.1) is 5.10 Å². The van der Waals surface area contributed by atoms with Crippen molar-refractivity contribution in [1.29, 1.82) is 0 Å². The van der Waals surface area contributed by atoms with Crippen molar-refractivity contribution in [1.82, 2.24) is 25.1 Å². The molecule has 1 saturated heterocycles. The Labute approximate surface area is 142 Å². The van der Waals surface area contributed by atoms with E-state index in [0.29, 0.717) is 0 Å². The molecular formula is C17H25N5O2. The third-order valence-corrected chi connectivity index (χ3v) is 4.19. The lowest BCUT2D eigenvalue weighted by atomic mass is 10.0. The lowest BCUT2D eigenvalue weighted by molar-refractivity contribution is 0.0208. The van der Waals surface area contributed by atoms with Gasteiger partial charge in [0.2, 0.25) is 0 Å². The third-order valence-electron chi connectivity index (χ3n) is 4.19. The van der Waals surface area contributed by atoms with E-state index in [4.69, 9.17) is 9.47 Å². The SMILES string of the molecule is COc1cccc(C(c2nnnn2C(C)(C)C)N2CCOCC2)c1. The number of ether oxygens (including phenoxy) is 2. The van der Waals surface area contributed by atoms with Crippen molar-refractivity contribution in [2.24, 2.45) is 0 Å². The third kappa shape index (κ3) is 3.42. The second-order valence-electron chi connectivity index (χ2n) is 6.95. The number of hydrogen-bond acceptors (Lipinski definition) is 6. The van der Waals surface area contributed by atoms with Gasteiger partial charge >= 0.3 is 0 Å². The molecule has 1 unspecified atom stereocenters. The molecule has 0 saturated carbocycles. The summed E-state index contributed by atoms with van der Waals surface area (Å²) < 4.78 is 12.8. The number of methoxy groups -OCH3 is 1. The van der Waals surface area contributed by atoms with Crippen molar-refractivity contribution in [2.45, 2.75) is 32.4 Å². The lowest BCUT2D eigenvalue weighted by Crippen LogP contribution is -2.41. The Morgan fingerprint density at radius 2 is 1.96 bits per heavy atom. The fourth-order valence-corrected chi connectivity index (χ4v) is 3.01. The molecule has 2 aromatic rings. The average molecular weight is 331 g/mol. The molecule has 1 atom stereocenters. The second-order valence-corrected chi connectivity index (χ2v) is 6.95. The summed E-state index contributed by atoms with van der Waals surface area (Å²) in [5.41, 5.74) is 0.930. The molecule has 130 valence electrons. The van der Waals surface area contributed by atoms with Crippen molar-refractivity contribution in [3.05, 3.63) is 35.7 Å². The average Bonchev–Trinajstić information content (AvgIpc) is 3.06. The molecule has 24 heavy (non-hydrogen) atoms. The quantitative estimate of drug-likeness (QED) is 0.852. The van der Waals surface area contributed by atoms with Crippen LogP contribution in [0.15, 0.2) is 24.3 Å². The van der Waals surface area contributed by atoms with E-state index >= 15 is 0 Å². The maximum absolute atomic E-state index is 5.52. The van der Waals surface area contributed by atoms with E-state index in [1.54, 1.807) is 7.11 Å². The molecule has 1 aromatic heterocycles. The first-order valence-electron chi connectivity index (χ1n) is 8.25. The first-order valence-corrected chi connectivity index (χ1v) is 8.25. The molecule has 7 heteroatoms. The highest BCUT2D eigenvalue weighted by atomic mass is 16.5. The van der Waals surface area contributed by atoms with Crippen LogP contribution in [0.5, 0.6) is 5.75 Å². The van der Waals surface area contributed by atoms with Crippen LogP contribution in [0.3, 0.4) is 0 Å². The molecule has 1 fully saturated rings. The van der Waals surface area contributed by atoms with Crippen molar-refractivity contribution >= 4 is 0 Å². The molecule has 0 N–H and O–H groups in total. The van der Waals surface area contributed by atoms with Gasteiger partial charge in [-0.3, -0.25) is 4.90 Å². The van der Waals surface area contributed by atoms with Gasteiger partial charge in [-0.1, -0.05) is 12.1 Å². The highest BCUT2D eigenvalue weighted by Gasteiger charge is 2.32. The minimum Gasteiger partial charge on any atom is -0.497 e. The molecule has 2 heterocycles. The van der Waals surface area contributed by atoms with Crippen LogP contribution >= 0.6 is 0 Å². The van der Waals surface area contributed by atoms with Crippen LogP contribution in [0.4, 0.5) is 0 Å². The largest absolute Gasteiger partial charge is 0.497 e. The summed E-state index contributed by atoms with van der Waals surface area (Å²) >= 11 is 0. The van der Waals surface area contributed by atoms with Crippen LogP contribution in [0.2, 0.25) is 0 Å². The lowest BCUT2D eigenvalue weighted by Gasteiger charge is -2.35. The molecule has 0 radical (unpaired) electrons. The summed E-state index contributed by atoms with van der Waals surface area (Å²) in [5.74, 6) is 1.68. The second kappa shape index (κ2) is 6.86. The summed E-state index contributed by atoms with van der Waals surface area (Å²) in [6.07, 6.45) is 0. The van der Waals surface area contributed by atoms with Crippen molar-refractivity contribution in [2.75, 3.05) is 33.4 Å². The number of aromatic nitrogens is 4. The normalized spacial score (nSPS) is 17.7. The number of rotatable bonds is 4. The van der Waals surface area contributed by atoms with Gasteiger partial charge in [-0.2, -0.15) is 0 Å². The van der Waals surface area contributed by atoms with Gasteiger partial charge < -0.3 is 9.47 Å². The first kappa shape index (κ1) is 16.9. The van der Waals surface area contributed by atoms with Crippen LogP contribution in [0, 0.1) is 0 Å². The minimum absolute atomic E-state index is 0.0294. The molecular weight excluding hydrogens is 306 g/mol. The Balaban J connectivity index is 2.07. The number of tetrazole rings is 1. The molecule has 1 aliphatic rings. The van der Waals surface area contributed by atoms with Crippen LogP contribution in [0.25, 0.3) is 0 Å². The van der Waals surface area contributed by atoms with Gasteiger partial charge in [0.05, 0.1) is 31.9 Å². The number of morpholine rings is 1. The molecule has 0 bridgehead atoms. The van der Waals surface area contributed by atoms with Gasteiger partial charge in [0.15, 0.2) is 5.82 Å². The van der Waals surface area contributed by atoms with E-state index < -0.39 is 0 Å². The highest BCUT2D eigenvalue weighted by molar-refractivity contribution is 5.33. The van der Waals surface area contributed by atoms with E-state index in [9.17, 15) is 0 Å². The fourth-order valence-electron chi connectivity index (χ4n) is 3.01. The first-order chi connectivity index (χ1) is 11.5. The monoisotopic (exact) mass is 331 g/mol. The number of nitrogens with zero attached hydrogens (tertiary/aromatic N) is 5. The van der Waals surface area contributed by atoms with Crippen LogP contribution < -0.4 is 4.74 Å². The van der Waals surface area contributed by atoms with Crippen molar-refractivity contribution < 1.29 is 9.47 Å². The maximum atomic E-state index is 5.52. The molecule has 1 aliphatic heterocycles. The summed E-state index contributed by atoms with van der Waals surface area (Å²) in [6.45, 7) is 9.45. The van der Waals surface area contributed by atoms with E-state index in [1.165, 1.54) is 0 Å². The topological polar surface area (TPSA) is 65.3 Å². The zero-order valence-electron chi connectivity index (χ0n) is 14.8. The van der Waals surface area contributed by atoms with E-state index in [0.717, 1.165) is 43.4 Å². The van der Waals surface area contributed by atoms with E-state index in [1.807, 2.05) is 16.8 Å². The Hall–Kier alpha value is -1.99. The van der Waals surface area contributed by atoms with Gasteiger partial charge in [0, 0.05) is 13.1 Å². The maximum Gasteiger partial charge on any atom is 0.173 e.